The van der Waals surface area contributed by atoms with Gasteiger partial charge in [0.15, 0.2) is 0 Å². The lowest BCUT2D eigenvalue weighted by Crippen LogP contribution is -2.63. The van der Waals surface area contributed by atoms with Crippen molar-refractivity contribution in [2.45, 2.75) is 56.6 Å². The Labute approximate surface area is 180 Å². The molecular formula is C22H31F3N6. The Morgan fingerprint density at radius 2 is 2.03 bits per heavy atom. The first-order chi connectivity index (χ1) is 15.0. The molecule has 4 aliphatic rings. The number of aromatic nitrogens is 2. The average Bonchev–Trinajstić information content (AvgIpc) is 3.44. The topological polar surface area (TPSA) is 64.4 Å². The maximum Gasteiger partial charge on any atom is 0.114 e. The SMILES string of the molecule is NC1CC(N2Cc3c[nH]nc3C2)CN(CCN2CC[C@@H](F)C2)[C@@H]1C1CC(F)=CC=C1F. The molecule has 3 unspecified atom stereocenters. The van der Waals surface area contributed by atoms with E-state index in [-0.39, 0.29) is 36.2 Å². The molecule has 31 heavy (non-hydrogen) atoms. The van der Waals surface area contributed by atoms with Crippen molar-refractivity contribution in [3.63, 3.8) is 0 Å². The lowest BCUT2D eigenvalue weighted by Gasteiger charge is -2.49. The summed E-state index contributed by atoms with van der Waals surface area (Å²) in [6.45, 7) is 4.94. The fourth-order valence-corrected chi connectivity index (χ4v) is 5.80. The average molecular weight is 437 g/mol. The second-order valence-electron chi connectivity index (χ2n) is 9.46. The summed E-state index contributed by atoms with van der Waals surface area (Å²) in [7, 11) is 0. The molecule has 2 fully saturated rings. The van der Waals surface area contributed by atoms with Crippen LogP contribution in [0.4, 0.5) is 13.2 Å². The predicted molar refractivity (Wildman–Crippen MR) is 112 cm³/mol. The van der Waals surface area contributed by atoms with E-state index in [9.17, 15) is 13.2 Å². The Morgan fingerprint density at radius 1 is 1.16 bits per heavy atom. The smallest absolute Gasteiger partial charge is 0.114 e. The zero-order valence-electron chi connectivity index (χ0n) is 17.7. The molecule has 3 aliphatic heterocycles. The summed E-state index contributed by atoms with van der Waals surface area (Å²) in [4.78, 5) is 6.75. The maximum atomic E-state index is 14.8. The number of likely N-dealkylation sites (tertiary alicyclic amines) is 2. The minimum atomic E-state index is -0.767. The van der Waals surface area contributed by atoms with Crippen molar-refractivity contribution in [1.29, 1.82) is 0 Å². The summed E-state index contributed by atoms with van der Waals surface area (Å²) in [5.41, 5.74) is 8.93. The molecule has 0 spiro atoms. The molecule has 9 heteroatoms. The molecule has 0 aromatic carbocycles. The molecule has 0 bridgehead atoms. The van der Waals surface area contributed by atoms with Crippen molar-refractivity contribution in [1.82, 2.24) is 24.9 Å². The van der Waals surface area contributed by atoms with Crippen molar-refractivity contribution >= 4 is 0 Å². The third kappa shape index (κ3) is 4.33. The summed E-state index contributed by atoms with van der Waals surface area (Å²) in [5, 5.41) is 7.24. The van der Waals surface area contributed by atoms with E-state index in [4.69, 9.17) is 5.73 Å². The molecule has 0 radical (unpaired) electrons. The van der Waals surface area contributed by atoms with Gasteiger partial charge in [-0.2, -0.15) is 5.10 Å². The van der Waals surface area contributed by atoms with E-state index in [0.29, 0.717) is 26.1 Å². The molecule has 1 aromatic rings. The van der Waals surface area contributed by atoms with Gasteiger partial charge in [-0.25, -0.2) is 13.2 Å². The fraction of sp³-hybridized carbons (Fsp3) is 0.682. The van der Waals surface area contributed by atoms with Crippen LogP contribution in [0.1, 0.15) is 30.5 Å². The van der Waals surface area contributed by atoms with Crippen LogP contribution < -0.4 is 5.73 Å². The number of rotatable bonds is 5. The van der Waals surface area contributed by atoms with Gasteiger partial charge in [-0.05, 0) is 25.0 Å². The molecule has 1 aromatic heterocycles. The third-order valence-corrected chi connectivity index (χ3v) is 7.42. The van der Waals surface area contributed by atoms with Crippen molar-refractivity contribution in [3.05, 3.63) is 41.3 Å². The highest BCUT2D eigenvalue weighted by molar-refractivity contribution is 5.24. The van der Waals surface area contributed by atoms with Gasteiger partial charge in [0, 0.05) is 88.0 Å². The number of piperidine rings is 1. The lowest BCUT2D eigenvalue weighted by molar-refractivity contribution is 0.0155. The van der Waals surface area contributed by atoms with Crippen LogP contribution >= 0.6 is 0 Å². The first kappa shape index (κ1) is 21.2. The zero-order valence-corrected chi connectivity index (χ0v) is 17.7. The second-order valence-corrected chi connectivity index (χ2v) is 9.46. The summed E-state index contributed by atoms with van der Waals surface area (Å²) >= 11 is 0. The van der Waals surface area contributed by atoms with Crippen LogP contribution in [0.2, 0.25) is 0 Å². The van der Waals surface area contributed by atoms with E-state index in [1.807, 2.05) is 6.20 Å². The number of H-pyrrole nitrogens is 1. The molecule has 170 valence electrons. The molecule has 6 nitrogen and oxygen atoms in total. The van der Waals surface area contributed by atoms with Crippen molar-refractivity contribution in [2.75, 3.05) is 32.7 Å². The quantitative estimate of drug-likeness (QED) is 0.742. The van der Waals surface area contributed by atoms with Gasteiger partial charge in [0.05, 0.1) is 5.69 Å². The number of alkyl halides is 1. The first-order valence-electron chi connectivity index (χ1n) is 11.3. The molecule has 5 atom stereocenters. The minimum absolute atomic E-state index is 0.0528. The number of allylic oxidation sites excluding steroid dienone is 3. The highest BCUT2D eigenvalue weighted by Crippen LogP contribution is 2.37. The van der Waals surface area contributed by atoms with E-state index in [1.54, 1.807) is 0 Å². The summed E-state index contributed by atoms with van der Waals surface area (Å²) in [5.74, 6) is -1.16. The number of aromatic amines is 1. The van der Waals surface area contributed by atoms with E-state index >= 15 is 0 Å². The molecule has 0 amide bonds. The van der Waals surface area contributed by atoms with Gasteiger partial charge in [0.25, 0.3) is 0 Å². The van der Waals surface area contributed by atoms with Gasteiger partial charge in [-0.3, -0.25) is 19.8 Å². The van der Waals surface area contributed by atoms with E-state index in [2.05, 4.69) is 24.9 Å². The van der Waals surface area contributed by atoms with Crippen LogP contribution in [0.15, 0.2) is 30.0 Å². The minimum Gasteiger partial charge on any atom is -0.326 e. The van der Waals surface area contributed by atoms with Gasteiger partial charge >= 0.3 is 0 Å². The number of hydrogen-bond acceptors (Lipinski definition) is 5. The summed E-state index contributed by atoms with van der Waals surface area (Å²) < 4.78 is 42.5. The highest BCUT2D eigenvalue weighted by Gasteiger charge is 2.44. The Bertz CT molecular complexity index is 834. The monoisotopic (exact) mass is 436 g/mol. The summed E-state index contributed by atoms with van der Waals surface area (Å²) in [6, 6.07) is -0.309. The number of nitrogens with two attached hydrogens (primary N) is 1. The standard InChI is InChI=1S/C22H31F3N6/c23-15-1-2-19(25)18(7-15)22-20(26)8-17(31-10-14-9-27-28-21(14)13-31)12-30(22)6-5-29-4-3-16(24)11-29/h1-2,9,16-18,20,22H,3-8,10-13,26H2,(H,27,28)/t16-,17?,18?,20?,22-/m1/s1. The van der Waals surface area contributed by atoms with Crippen LogP contribution in [-0.2, 0) is 13.1 Å². The van der Waals surface area contributed by atoms with Crippen LogP contribution in [0.3, 0.4) is 0 Å². The van der Waals surface area contributed by atoms with Gasteiger partial charge in [0.1, 0.15) is 17.8 Å². The molecule has 2 saturated heterocycles. The van der Waals surface area contributed by atoms with Gasteiger partial charge < -0.3 is 5.73 Å². The molecular weight excluding hydrogens is 405 g/mol. The van der Waals surface area contributed by atoms with E-state index < -0.39 is 12.1 Å². The Morgan fingerprint density at radius 3 is 2.81 bits per heavy atom. The third-order valence-electron chi connectivity index (χ3n) is 7.42. The number of fused-ring (bicyclic) bond motifs is 1. The number of halogens is 3. The van der Waals surface area contributed by atoms with Crippen molar-refractivity contribution in [3.8, 4) is 0 Å². The Hall–Kier alpha value is -1.68. The largest absolute Gasteiger partial charge is 0.326 e. The van der Waals surface area contributed by atoms with Gasteiger partial charge in [-0.1, -0.05) is 0 Å². The van der Waals surface area contributed by atoms with Crippen LogP contribution in [0.5, 0.6) is 0 Å². The highest BCUT2D eigenvalue weighted by atomic mass is 19.1. The van der Waals surface area contributed by atoms with Gasteiger partial charge in [0.2, 0.25) is 0 Å². The Kier molecular flexibility index (Phi) is 5.94. The predicted octanol–water partition coefficient (Wildman–Crippen LogP) is 2.27. The second kappa shape index (κ2) is 8.69. The van der Waals surface area contributed by atoms with Crippen molar-refractivity contribution < 1.29 is 13.2 Å². The van der Waals surface area contributed by atoms with Gasteiger partial charge in [-0.15, -0.1) is 0 Å². The number of hydrogen-bond donors (Lipinski definition) is 2. The number of nitrogens with zero attached hydrogens (tertiary/aromatic N) is 4. The van der Waals surface area contributed by atoms with E-state index in [0.717, 1.165) is 38.3 Å². The Balaban J connectivity index is 1.32. The maximum absolute atomic E-state index is 14.8. The molecule has 4 heterocycles. The van der Waals surface area contributed by atoms with Crippen LogP contribution in [0.25, 0.3) is 0 Å². The molecule has 3 N–H and O–H groups in total. The fourth-order valence-electron chi connectivity index (χ4n) is 5.80. The zero-order chi connectivity index (χ0) is 21.5. The van der Waals surface area contributed by atoms with Crippen molar-refractivity contribution in [2.24, 2.45) is 11.7 Å². The number of nitrogens with one attached hydrogen (secondary N) is 1. The summed E-state index contributed by atoms with van der Waals surface area (Å²) in [6.07, 6.45) is 4.99. The van der Waals surface area contributed by atoms with Crippen LogP contribution in [0, 0.1) is 5.92 Å². The van der Waals surface area contributed by atoms with E-state index in [1.165, 1.54) is 17.7 Å². The molecule has 5 rings (SSSR count). The normalized spacial score (nSPS) is 35.3. The van der Waals surface area contributed by atoms with Crippen LogP contribution in [-0.4, -0.2) is 81.9 Å². The molecule has 1 aliphatic carbocycles. The lowest BCUT2D eigenvalue weighted by atomic mass is 9.80. The first-order valence-corrected chi connectivity index (χ1v) is 11.3. The molecule has 0 saturated carbocycles.